The number of ketones is 1. The van der Waals surface area contributed by atoms with Gasteiger partial charge in [0.15, 0.2) is 0 Å². The lowest BCUT2D eigenvalue weighted by atomic mass is 9.92. The number of nitrogens with zero attached hydrogens (tertiary/aromatic N) is 3. The fourth-order valence-corrected chi connectivity index (χ4v) is 4.93. The van der Waals surface area contributed by atoms with Gasteiger partial charge in [-0.2, -0.15) is 9.78 Å². The number of morpholine rings is 1. The minimum atomic E-state index is -0.887. The average Bonchev–Trinajstić information content (AvgIpc) is 3.41. The molecule has 0 aliphatic carbocycles. The molecule has 218 valence electrons. The van der Waals surface area contributed by atoms with Gasteiger partial charge in [0.2, 0.25) is 0 Å². The zero-order valence-corrected chi connectivity index (χ0v) is 24.6. The van der Waals surface area contributed by atoms with Crippen LogP contribution < -0.4 is 10.1 Å². The van der Waals surface area contributed by atoms with E-state index in [0.29, 0.717) is 34.0 Å². The van der Waals surface area contributed by atoms with Crippen LogP contribution in [0, 0.1) is 0 Å². The molecule has 0 saturated carbocycles. The fraction of sp³-hybridized carbons (Fsp3) is 0.312. The first kappa shape index (κ1) is 29.4. The van der Waals surface area contributed by atoms with E-state index < -0.39 is 23.0 Å². The normalized spacial score (nSPS) is 14.1. The van der Waals surface area contributed by atoms with Crippen molar-refractivity contribution in [1.29, 1.82) is 0 Å². The third-order valence-electron chi connectivity index (χ3n) is 7.09. The van der Waals surface area contributed by atoms with Crippen molar-refractivity contribution in [3.63, 3.8) is 0 Å². The maximum absolute atomic E-state index is 13.5. The molecule has 1 N–H and O–H groups in total. The molecule has 1 fully saturated rings. The molecule has 9 nitrogen and oxygen atoms in total. The Balaban J connectivity index is 1.38. The van der Waals surface area contributed by atoms with Gasteiger partial charge in [-0.1, -0.05) is 62.7 Å². The van der Waals surface area contributed by atoms with Crippen LogP contribution in [0.15, 0.2) is 66.7 Å². The number of aromatic nitrogens is 2. The van der Waals surface area contributed by atoms with Crippen LogP contribution in [-0.2, 0) is 14.9 Å². The highest BCUT2D eigenvalue weighted by molar-refractivity contribution is 6.48. The molecule has 0 unspecified atom stereocenters. The van der Waals surface area contributed by atoms with Crippen LogP contribution in [0.4, 0.5) is 5.82 Å². The fourth-order valence-electron chi connectivity index (χ4n) is 4.74. The Morgan fingerprint density at radius 2 is 1.71 bits per heavy atom. The number of nitrogens with one attached hydrogen (secondary N) is 1. The van der Waals surface area contributed by atoms with Crippen molar-refractivity contribution >= 4 is 45.8 Å². The number of carbonyl (C=O) groups excluding carboxylic acids is 3. The SMILES string of the molecule is CC(C)(C)c1cc(NC(=O)C(=O)c2ccc(OCCN3CCOCC3)c3ccccc23)n(C(=O)c2cccc(Cl)c2)n1. The summed E-state index contributed by atoms with van der Waals surface area (Å²) in [5, 5.41) is 8.82. The smallest absolute Gasteiger partial charge is 0.297 e. The molecule has 3 aromatic carbocycles. The minimum Gasteiger partial charge on any atom is -0.492 e. The Hall–Kier alpha value is -4.05. The number of carbonyl (C=O) groups is 3. The number of benzene rings is 3. The molecule has 1 aromatic heterocycles. The molecule has 4 aromatic rings. The van der Waals surface area contributed by atoms with E-state index in [1.807, 2.05) is 39.0 Å². The lowest BCUT2D eigenvalue weighted by Gasteiger charge is -2.26. The predicted molar refractivity (Wildman–Crippen MR) is 162 cm³/mol. The van der Waals surface area contributed by atoms with Crippen molar-refractivity contribution in [1.82, 2.24) is 14.7 Å². The van der Waals surface area contributed by atoms with Crippen molar-refractivity contribution in [2.45, 2.75) is 26.2 Å². The van der Waals surface area contributed by atoms with Crippen molar-refractivity contribution in [3.05, 3.63) is 88.6 Å². The van der Waals surface area contributed by atoms with E-state index in [-0.39, 0.29) is 11.4 Å². The molecule has 10 heteroatoms. The number of amides is 1. The van der Waals surface area contributed by atoms with E-state index in [0.717, 1.165) is 42.9 Å². The van der Waals surface area contributed by atoms with Gasteiger partial charge in [0.05, 0.1) is 18.9 Å². The van der Waals surface area contributed by atoms with Gasteiger partial charge < -0.3 is 14.8 Å². The van der Waals surface area contributed by atoms with Crippen LogP contribution >= 0.6 is 11.6 Å². The Morgan fingerprint density at radius 3 is 2.43 bits per heavy atom. The van der Waals surface area contributed by atoms with Gasteiger partial charge in [-0.25, -0.2) is 0 Å². The summed E-state index contributed by atoms with van der Waals surface area (Å²) in [4.78, 5) is 42.5. The molecule has 5 rings (SSSR count). The third kappa shape index (κ3) is 6.54. The number of Topliss-reactive ketones (excluding diaryl/α,β-unsaturated/α-hetero) is 1. The Kier molecular flexibility index (Phi) is 8.72. The average molecular weight is 589 g/mol. The first-order valence-corrected chi connectivity index (χ1v) is 14.2. The number of ether oxygens (including phenoxy) is 2. The Bertz CT molecular complexity index is 1640. The van der Waals surface area contributed by atoms with Crippen molar-refractivity contribution in [2.24, 2.45) is 0 Å². The molecule has 42 heavy (non-hydrogen) atoms. The van der Waals surface area contributed by atoms with E-state index in [4.69, 9.17) is 21.1 Å². The van der Waals surface area contributed by atoms with Gasteiger partial charge in [0.25, 0.3) is 17.6 Å². The van der Waals surface area contributed by atoms with Gasteiger partial charge in [0, 0.05) is 52.7 Å². The Labute approximate surface area is 249 Å². The van der Waals surface area contributed by atoms with Gasteiger partial charge >= 0.3 is 0 Å². The second-order valence-corrected chi connectivity index (χ2v) is 11.6. The summed E-state index contributed by atoms with van der Waals surface area (Å²) in [6.07, 6.45) is 0. The van der Waals surface area contributed by atoms with Crippen LogP contribution in [0.2, 0.25) is 5.02 Å². The molecule has 1 aliphatic heterocycles. The van der Waals surface area contributed by atoms with Crippen molar-refractivity contribution in [2.75, 3.05) is 44.8 Å². The molecular formula is C32H33ClN4O5. The zero-order valence-electron chi connectivity index (χ0n) is 23.9. The summed E-state index contributed by atoms with van der Waals surface area (Å²) in [5.41, 5.74) is 0.677. The summed E-state index contributed by atoms with van der Waals surface area (Å²) >= 11 is 6.10. The van der Waals surface area contributed by atoms with E-state index in [2.05, 4.69) is 15.3 Å². The monoisotopic (exact) mass is 588 g/mol. The van der Waals surface area contributed by atoms with Crippen LogP contribution in [0.3, 0.4) is 0 Å². The summed E-state index contributed by atoms with van der Waals surface area (Å²) in [5.74, 6) is -1.39. The van der Waals surface area contributed by atoms with Crippen LogP contribution in [0.25, 0.3) is 10.8 Å². The summed E-state index contributed by atoms with van der Waals surface area (Å²) in [6.45, 7) is 10.2. The van der Waals surface area contributed by atoms with Gasteiger partial charge in [-0.05, 0) is 35.7 Å². The number of anilines is 1. The topological polar surface area (TPSA) is 103 Å². The quantitative estimate of drug-likeness (QED) is 0.223. The van der Waals surface area contributed by atoms with E-state index in [1.165, 1.54) is 6.07 Å². The molecular weight excluding hydrogens is 556 g/mol. The van der Waals surface area contributed by atoms with Crippen LogP contribution in [0.5, 0.6) is 5.75 Å². The van der Waals surface area contributed by atoms with Crippen molar-refractivity contribution < 1.29 is 23.9 Å². The van der Waals surface area contributed by atoms with E-state index >= 15 is 0 Å². The minimum absolute atomic E-state index is 0.0932. The van der Waals surface area contributed by atoms with Crippen molar-refractivity contribution in [3.8, 4) is 5.75 Å². The standard InChI is InChI=1S/C32H33ClN4O5/c1-32(2,3)27-20-28(37(35-27)31(40)21-7-6-8-22(33)19-21)34-30(39)29(38)25-11-12-26(24-10-5-4-9-23(24)25)42-18-15-36-13-16-41-17-14-36/h4-12,19-20H,13-18H2,1-3H3,(H,34,39). The highest BCUT2D eigenvalue weighted by Crippen LogP contribution is 2.30. The molecule has 0 spiro atoms. The molecule has 0 radical (unpaired) electrons. The first-order valence-electron chi connectivity index (χ1n) is 13.8. The molecule has 2 heterocycles. The number of hydrogen-bond donors (Lipinski definition) is 1. The first-order chi connectivity index (χ1) is 20.1. The zero-order chi connectivity index (χ0) is 29.9. The summed E-state index contributed by atoms with van der Waals surface area (Å²) in [7, 11) is 0. The van der Waals surface area contributed by atoms with E-state index in [1.54, 1.807) is 42.5 Å². The Morgan fingerprint density at radius 1 is 0.976 bits per heavy atom. The number of fused-ring (bicyclic) bond motifs is 1. The van der Waals surface area contributed by atoms with Gasteiger partial charge in [-0.3, -0.25) is 19.3 Å². The molecule has 0 atom stereocenters. The number of rotatable bonds is 8. The van der Waals surface area contributed by atoms with Crippen LogP contribution in [-0.4, -0.2) is 71.7 Å². The molecule has 1 aliphatic rings. The largest absolute Gasteiger partial charge is 0.492 e. The number of hydrogen-bond acceptors (Lipinski definition) is 7. The second-order valence-electron chi connectivity index (χ2n) is 11.1. The molecule has 1 saturated heterocycles. The molecule has 1 amide bonds. The van der Waals surface area contributed by atoms with E-state index in [9.17, 15) is 14.4 Å². The highest BCUT2D eigenvalue weighted by atomic mass is 35.5. The molecule has 0 bridgehead atoms. The third-order valence-corrected chi connectivity index (χ3v) is 7.32. The maximum atomic E-state index is 13.5. The summed E-state index contributed by atoms with van der Waals surface area (Å²) < 4.78 is 12.6. The summed E-state index contributed by atoms with van der Waals surface area (Å²) in [6, 6.07) is 18.7. The second kappa shape index (κ2) is 12.4. The van der Waals surface area contributed by atoms with Crippen LogP contribution in [0.1, 0.15) is 47.2 Å². The lowest BCUT2D eigenvalue weighted by molar-refractivity contribution is -0.112. The van der Waals surface area contributed by atoms with Gasteiger partial charge in [0.1, 0.15) is 18.2 Å². The highest BCUT2D eigenvalue weighted by Gasteiger charge is 2.27. The van der Waals surface area contributed by atoms with Gasteiger partial charge in [-0.15, -0.1) is 0 Å². The predicted octanol–water partition coefficient (Wildman–Crippen LogP) is 5.21. The maximum Gasteiger partial charge on any atom is 0.297 e. The lowest BCUT2D eigenvalue weighted by Crippen LogP contribution is -2.38. The number of halogens is 1.